The molecule has 1 aliphatic heterocycles. The smallest absolute Gasteiger partial charge is 0.217 e. The summed E-state index contributed by atoms with van der Waals surface area (Å²) in [6.07, 6.45) is 4.82. The van der Waals surface area contributed by atoms with E-state index in [0.29, 0.717) is 6.61 Å². The van der Waals surface area contributed by atoms with E-state index in [4.69, 9.17) is 14.5 Å². The van der Waals surface area contributed by atoms with Gasteiger partial charge in [0.1, 0.15) is 5.75 Å². The van der Waals surface area contributed by atoms with Crippen molar-refractivity contribution >= 4 is 32.6 Å². The molecule has 1 unspecified atom stereocenters. The average Bonchev–Trinajstić information content (AvgIpc) is 3.41. The summed E-state index contributed by atoms with van der Waals surface area (Å²) in [6, 6.07) is 6.30. The summed E-state index contributed by atoms with van der Waals surface area (Å²) >= 11 is 1.75. The molecule has 152 valence electrons. The van der Waals surface area contributed by atoms with Gasteiger partial charge in [-0.25, -0.2) is 4.98 Å². The minimum Gasteiger partial charge on any atom is -0.493 e. The molecule has 2 heterocycles. The lowest BCUT2D eigenvalue weighted by atomic mass is 10.1. The number of fused-ring (bicyclic) bond motifs is 1. The largest absolute Gasteiger partial charge is 0.493 e. The summed E-state index contributed by atoms with van der Waals surface area (Å²) < 4.78 is 13.1. The normalized spacial score (nSPS) is 19.0. The van der Waals surface area contributed by atoms with Gasteiger partial charge >= 0.3 is 0 Å². The Balaban J connectivity index is 1.29. The zero-order valence-electron chi connectivity index (χ0n) is 16.6. The lowest BCUT2D eigenvalue weighted by molar-refractivity contribution is -0.120. The van der Waals surface area contributed by atoms with Gasteiger partial charge in [0.15, 0.2) is 5.13 Å². The van der Waals surface area contributed by atoms with Gasteiger partial charge in [0.05, 0.1) is 29.5 Å². The van der Waals surface area contributed by atoms with Gasteiger partial charge in [0, 0.05) is 32.1 Å². The molecule has 6 nitrogen and oxygen atoms in total. The number of anilines is 1. The molecule has 4 rings (SSSR count). The van der Waals surface area contributed by atoms with Gasteiger partial charge < -0.3 is 19.7 Å². The molecule has 0 spiro atoms. The molecule has 1 aromatic heterocycles. The first-order chi connectivity index (χ1) is 13.6. The van der Waals surface area contributed by atoms with Gasteiger partial charge in [-0.1, -0.05) is 11.3 Å². The van der Waals surface area contributed by atoms with Crippen LogP contribution in [0.3, 0.4) is 0 Å². The van der Waals surface area contributed by atoms with Crippen LogP contribution in [0.15, 0.2) is 18.2 Å². The van der Waals surface area contributed by atoms with Crippen molar-refractivity contribution in [2.45, 2.75) is 51.7 Å². The van der Waals surface area contributed by atoms with Crippen LogP contribution in [0, 0.1) is 5.92 Å². The number of hydrogen-bond acceptors (Lipinski definition) is 6. The van der Waals surface area contributed by atoms with Crippen molar-refractivity contribution in [1.82, 2.24) is 10.3 Å². The first kappa shape index (κ1) is 19.5. The maximum atomic E-state index is 11.1. The van der Waals surface area contributed by atoms with Crippen LogP contribution in [-0.2, 0) is 9.53 Å². The van der Waals surface area contributed by atoms with Crippen molar-refractivity contribution in [2.24, 2.45) is 5.92 Å². The molecule has 1 atom stereocenters. The van der Waals surface area contributed by atoms with E-state index in [1.54, 1.807) is 11.3 Å². The van der Waals surface area contributed by atoms with Gasteiger partial charge in [-0.15, -0.1) is 0 Å². The minimum atomic E-state index is -0.0112. The summed E-state index contributed by atoms with van der Waals surface area (Å²) in [5, 5.41) is 3.94. The minimum absolute atomic E-state index is 0.0112. The van der Waals surface area contributed by atoms with Crippen molar-refractivity contribution in [3.05, 3.63) is 18.2 Å². The fraction of sp³-hybridized carbons (Fsp3) is 0.619. The van der Waals surface area contributed by atoms with Gasteiger partial charge in [-0.2, -0.15) is 0 Å². The molecule has 1 aliphatic carbocycles. The average molecular weight is 404 g/mol. The predicted molar refractivity (Wildman–Crippen MR) is 112 cm³/mol. The van der Waals surface area contributed by atoms with Gasteiger partial charge in [0.25, 0.3) is 0 Å². The molecule has 1 saturated carbocycles. The monoisotopic (exact) mass is 403 g/mol. The molecular formula is C21H29N3O3S. The number of rotatable bonds is 8. The third kappa shape index (κ3) is 5.14. The summed E-state index contributed by atoms with van der Waals surface area (Å²) in [4.78, 5) is 18.3. The number of carbonyl (C=O) groups is 1. The molecule has 2 aliphatic rings. The number of amides is 1. The fourth-order valence-corrected chi connectivity index (χ4v) is 4.50. The van der Waals surface area contributed by atoms with Crippen molar-refractivity contribution in [3.63, 3.8) is 0 Å². The highest BCUT2D eigenvalue weighted by molar-refractivity contribution is 7.22. The molecule has 2 fully saturated rings. The lowest BCUT2D eigenvalue weighted by Crippen LogP contribution is -2.40. The van der Waals surface area contributed by atoms with Crippen LogP contribution in [0.1, 0.15) is 39.5 Å². The van der Waals surface area contributed by atoms with E-state index < -0.39 is 0 Å². The van der Waals surface area contributed by atoms with Gasteiger partial charge in [0.2, 0.25) is 5.91 Å². The van der Waals surface area contributed by atoms with Crippen LogP contribution in [0.5, 0.6) is 5.75 Å². The van der Waals surface area contributed by atoms with Crippen LogP contribution >= 0.6 is 11.3 Å². The zero-order valence-corrected chi connectivity index (χ0v) is 17.5. The van der Waals surface area contributed by atoms with E-state index in [1.807, 2.05) is 6.92 Å². The molecule has 1 aromatic carbocycles. The van der Waals surface area contributed by atoms with E-state index in [9.17, 15) is 4.79 Å². The highest BCUT2D eigenvalue weighted by Crippen LogP contribution is 2.34. The van der Waals surface area contributed by atoms with E-state index in [0.717, 1.165) is 54.9 Å². The van der Waals surface area contributed by atoms with Crippen LogP contribution in [0.25, 0.3) is 10.2 Å². The second-order valence-electron chi connectivity index (χ2n) is 8.00. The molecule has 0 radical (unpaired) electrons. The summed E-state index contributed by atoms with van der Waals surface area (Å²) in [7, 11) is 0. The van der Waals surface area contributed by atoms with Crippen LogP contribution < -0.4 is 15.0 Å². The zero-order chi connectivity index (χ0) is 19.5. The molecule has 1 N–H and O–H groups in total. The fourth-order valence-electron chi connectivity index (χ4n) is 3.50. The second-order valence-corrected chi connectivity index (χ2v) is 9.01. The van der Waals surface area contributed by atoms with Crippen molar-refractivity contribution in [1.29, 1.82) is 0 Å². The molecule has 7 heteroatoms. The Morgan fingerprint density at radius 2 is 2.11 bits per heavy atom. The number of thiazole rings is 1. The quantitative estimate of drug-likeness (QED) is 0.730. The topological polar surface area (TPSA) is 63.7 Å². The molecular weight excluding hydrogens is 374 g/mol. The Labute approximate surface area is 170 Å². The lowest BCUT2D eigenvalue weighted by Gasteiger charge is -2.32. The Bertz CT molecular complexity index is 812. The maximum Gasteiger partial charge on any atom is 0.217 e. The van der Waals surface area contributed by atoms with E-state index >= 15 is 0 Å². The molecule has 2 aromatic rings. The van der Waals surface area contributed by atoms with E-state index in [1.165, 1.54) is 24.5 Å². The first-order valence-corrected chi connectivity index (χ1v) is 11.1. The molecule has 1 amide bonds. The molecule has 1 saturated heterocycles. The summed E-state index contributed by atoms with van der Waals surface area (Å²) in [6.45, 7) is 6.80. The van der Waals surface area contributed by atoms with Gasteiger partial charge in [-0.05, 0) is 50.7 Å². The Morgan fingerprint density at radius 1 is 1.32 bits per heavy atom. The summed E-state index contributed by atoms with van der Waals surface area (Å²) in [5.41, 5.74) is 1.02. The summed E-state index contributed by atoms with van der Waals surface area (Å²) in [5.74, 6) is 1.67. The predicted octanol–water partition coefficient (Wildman–Crippen LogP) is 3.60. The highest BCUT2D eigenvalue weighted by atomic mass is 32.1. The van der Waals surface area contributed by atoms with Crippen LogP contribution in [-0.4, -0.2) is 49.3 Å². The Kier molecular flexibility index (Phi) is 6.01. The number of carbonyl (C=O) groups excluding carboxylic acids is 1. The van der Waals surface area contributed by atoms with Crippen molar-refractivity contribution < 1.29 is 14.3 Å². The van der Waals surface area contributed by atoms with Crippen molar-refractivity contribution in [3.8, 4) is 5.75 Å². The number of ether oxygens (including phenoxy) is 2. The second kappa shape index (κ2) is 8.66. The molecule has 0 bridgehead atoms. The number of nitrogens with one attached hydrogen (secondary N) is 1. The third-order valence-electron chi connectivity index (χ3n) is 5.27. The highest BCUT2D eigenvalue weighted by Gasteiger charge is 2.24. The molecule has 28 heavy (non-hydrogen) atoms. The Morgan fingerprint density at radius 3 is 2.82 bits per heavy atom. The number of nitrogens with zero attached hydrogens (tertiary/aromatic N) is 2. The SMILES string of the molecule is CC(=O)NC(C)COC1CCN(c2nc3cc(OCC4CC4)ccc3s2)CC1. The van der Waals surface area contributed by atoms with Crippen LogP contribution in [0.2, 0.25) is 0 Å². The van der Waals surface area contributed by atoms with Crippen molar-refractivity contribution in [2.75, 3.05) is 31.2 Å². The number of aromatic nitrogens is 1. The third-order valence-corrected chi connectivity index (χ3v) is 6.37. The van der Waals surface area contributed by atoms with Crippen LogP contribution in [0.4, 0.5) is 5.13 Å². The maximum absolute atomic E-state index is 11.1. The Hall–Kier alpha value is -1.86. The standard InChI is InChI=1S/C21H29N3O3S/c1-14(22-15(2)25)12-26-17-7-9-24(10-8-17)21-23-19-11-18(5-6-20(19)28-21)27-13-16-3-4-16/h5-6,11,14,16-17H,3-4,7-10,12-13H2,1-2H3,(H,22,25). The number of benzene rings is 1. The van der Waals surface area contributed by atoms with E-state index in [2.05, 4.69) is 28.4 Å². The first-order valence-electron chi connectivity index (χ1n) is 10.2. The van der Waals surface area contributed by atoms with Gasteiger partial charge in [-0.3, -0.25) is 4.79 Å². The number of hydrogen-bond donors (Lipinski definition) is 1. The van der Waals surface area contributed by atoms with E-state index in [-0.39, 0.29) is 18.1 Å². The number of piperidine rings is 1.